The second-order valence-electron chi connectivity index (χ2n) is 4.07. The molecule has 2 rings (SSSR count). The summed E-state index contributed by atoms with van der Waals surface area (Å²) >= 11 is 0. The molecule has 6 nitrogen and oxygen atoms in total. The quantitative estimate of drug-likeness (QED) is 0.755. The van der Waals surface area contributed by atoms with Gasteiger partial charge in [-0.05, 0) is 6.07 Å². The summed E-state index contributed by atoms with van der Waals surface area (Å²) in [7, 11) is 1.76. The van der Waals surface area contributed by atoms with E-state index >= 15 is 0 Å². The smallest absolute Gasteiger partial charge is 0.274 e. The van der Waals surface area contributed by atoms with Crippen LogP contribution in [0.5, 0.6) is 0 Å². The molecule has 0 spiro atoms. The van der Waals surface area contributed by atoms with Crippen LogP contribution in [0.25, 0.3) is 11.6 Å². The van der Waals surface area contributed by atoms with Crippen molar-refractivity contribution in [2.75, 3.05) is 13.2 Å². The zero-order valence-electron chi connectivity index (χ0n) is 10.7. The Labute approximate surface area is 113 Å². The highest BCUT2D eigenvalue weighted by atomic mass is 19.3. The van der Waals surface area contributed by atoms with Crippen LogP contribution in [-0.2, 0) is 18.2 Å². The Morgan fingerprint density at radius 3 is 3.00 bits per heavy atom. The van der Waals surface area contributed by atoms with E-state index in [0.717, 1.165) is 0 Å². The Bertz CT molecular complexity index is 615. The number of hydrogen-bond donors (Lipinski definition) is 0. The highest BCUT2D eigenvalue weighted by Gasteiger charge is 2.13. The van der Waals surface area contributed by atoms with Gasteiger partial charge < -0.3 is 13.8 Å². The summed E-state index contributed by atoms with van der Waals surface area (Å²) in [5, 5.41) is 12.5. The van der Waals surface area contributed by atoms with Gasteiger partial charge in [0, 0.05) is 19.7 Å². The minimum absolute atomic E-state index is 0.0971. The van der Waals surface area contributed by atoms with Gasteiger partial charge in [0.2, 0.25) is 0 Å². The van der Waals surface area contributed by atoms with Crippen LogP contribution in [0.1, 0.15) is 11.4 Å². The number of nitriles is 1. The van der Waals surface area contributed by atoms with Crippen LogP contribution in [0.15, 0.2) is 16.8 Å². The lowest BCUT2D eigenvalue weighted by atomic mass is 10.3. The maximum absolute atomic E-state index is 11.9. The second kappa shape index (κ2) is 6.25. The fourth-order valence-electron chi connectivity index (χ4n) is 1.63. The van der Waals surface area contributed by atoms with Gasteiger partial charge in [0.05, 0.1) is 12.2 Å². The molecule has 0 aliphatic carbocycles. The maximum atomic E-state index is 11.9. The third-order valence-electron chi connectivity index (χ3n) is 2.54. The lowest BCUT2D eigenvalue weighted by Crippen LogP contribution is -2.07. The van der Waals surface area contributed by atoms with Crippen molar-refractivity contribution >= 4 is 0 Å². The number of nitrogens with zero attached hydrogens (tertiary/aromatic N) is 4. The van der Waals surface area contributed by atoms with Gasteiger partial charge >= 0.3 is 0 Å². The van der Waals surface area contributed by atoms with E-state index in [4.69, 9.17) is 14.5 Å². The van der Waals surface area contributed by atoms with Crippen molar-refractivity contribution in [2.24, 2.45) is 7.05 Å². The van der Waals surface area contributed by atoms with Gasteiger partial charge in [-0.1, -0.05) is 5.16 Å². The molecule has 0 aromatic carbocycles. The van der Waals surface area contributed by atoms with Crippen LogP contribution >= 0.6 is 0 Å². The maximum Gasteiger partial charge on any atom is 0.274 e. The summed E-state index contributed by atoms with van der Waals surface area (Å²) < 4.78 is 35.2. The number of ether oxygens (including phenoxy) is 1. The first kappa shape index (κ1) is 14.1. The van der Waals surface area contributed by atoms with Gasteiger partial charge in [0.1, 0.15) is 18.4 Å². The molecule has 0 saturated heterocycles. The number of alkyl halides is 2. The van der Waals surface area contributed by atoms with Crippen molar-refractivity contribution < 1.29 is 18.0 Å². The van der Waals surface area contributed by atoms with E-state index in [1.807, 2.05) is 6.07 Å². The molecule has 0 fully saturated rings. The van der Waals surface area contributed by atoms with Crippen molar-refractivity contribution in [3.05, 3.63) is 23.7 Å². The van der Waals surface area contributed by atoms with E-state index in [0.29, 0.717) is 17.1 Å². The number of aryl methyl sites for hydroxylation is 1. The highest BCUT2D eigenvalue weighted by molar-refractivity contribution is 5.52. The zero-order chi connectivity index (χ0) is 14.5. The Kier molecular flexibility index (Phi) is 4.42. The lowest BCUT2D eigenvalue weighted by molar-refractivity contribution is 0.0182. The third-order valence-corrected chi connectivity index (χ3v) is 2.54. The molecule has 0 unspecified atom stereocenters. The predicted molar refractivity (Wildman–Crippen MR) is 63.9 cm³/mol. The van der Waals surface area contributed by atoms with Crippen LogP contribution in [0.4, 0.5) is 8.78 Å². The van der Waals surface area contributed by atoms with E-state index in [2.05, 4.69) is 10.1 Å². The molecule has 2 aromatic heterocycles. The molecule has 0 saturated carbocycles. The van der Waals surface area contributed by atoms with E-state index in [9.17, 15) is 8.78 Å². The Morgan fingerprint density at radius 1 is 1.55 bits per heavy atom. The van der Waals surface area contributed by atoms with Crippen molar-refractivity contribution in [3.63, 3.8) is 0 Å². The normalized spacial score (nSPS) is 10.9. The minimum atomic E-state index is -2.48. The summed E-state index contributed by atoms with van der Waals surface area (Å²) in [6.07, 6.45) is -0.555. The van der Waals surface area contributed by atoms with E-state index in [-0.39, 0.29) is 18.9 Å². The van der Waals surface area contributed by atoms with Crippen molar-refractivity contribution in [1.29, 1.82) is 5.26 Å². The molecule has 0 radical (unpaired) electrons. The molecule has 20 heavy (non-hydrogen) atoms. The molecular formula is C12H12F2N4O2. The average Bonchev–Trinajstić information content (AvgIpc) is 3.00. The fourth-order valence-corrected chi connectivity index (χ4v) is 1.63. The minimum Gasteiger partial charge on any atom is -0.375 e. The van der Waals surface area contributed by atoms with Gasteiger partial charge in [0.25, 0.3) is 12.3 Å². The summed E-state index contributed by atoms with van der Waals surface area (Å²) in [5.74, 6) is 0.645. The molecule has 0 aliphatic heterocycles. The first-order chi connectivity index (χ1) is 9.60. The number of hydrogen-bond acceptors (Lipinski definition) is 5. The van der Waals surface area contributed by atoms with E-state index < -0.39 is 13.0 Å². The SMILES string of the molecule is Cn1cc(C#N)cc1-c1nc(CCOCC(F)F)no1. The summed E-state index contributed by atoms with van der Waals surface area (Å²) in [6.45, 7) is -0.506. The van der Waals surface area contributed by atoms with Gasteiger partial charge in [-0.2, -0.15) is 10.2 Å². The molecule has 106 valence electrons. The number of rotatable bonds is 6. The molecular weight excluding hydrogens is 270 g/mol. The number of halogens is 2. The van der Waals surface area contributed by atoms with Crippen molar-refractivity contribution in [3.8, 4) is 17.7 Å². The van der Waals surface area contributed by atoms with Crippen molar-refractivity contribution in [1.82, 2.24) is 14.7 Å². The zero-order valence-corrected chi connectivity index (χ0v) is 10.7. The average molecular weight is 282 g/mol. The molecule has 2 aromatic rings. The van der Waals surface area contributed by atoms with Gasteiger partial charge in [-0.25, -0.2) is 8.78 Å². The third kappa shape index (κ3) is 3.39. The van der Waals surface area contributed by atoms with Gasteiger partial charge in [-0.15, -0.1) is 0 Å². The summed E-state index contributed by atoms with van der Waals surface area (Å²) in [5.41, 5.74) is 1.11. The lowest BCUT2D eigenvalue weighted by Gasteiger charge is -1.99. The van der Waals surface area contributed by atoms with Crippen LogP contribution in [-0.4, -0.2) is 34.3 Å². The Balaban J connectivity index is 1.98. The van der Waals surface area contributed by atoms with Crippen LogP contribution < -0.4 is 0 Å². The summed E-state index contributed by atoms with van der Waals surface area (Å²) in [6, 6.07) is 3.65. The molecule has 2 heterocycles. The predicted octanol–water partition coefficient (Wildman–Crippen LogP) is 1.77. The van der Waals surface area contributed by atoms with Gasteiger partial charge in [0.15, 0.2) is 5.82 Å². The molecule has 0 aliphatic rings. The van der Waals surface area contributed by atoms with Crippen LogP contribution in [0.3, 0.4) is 0 Å². The van der Waals surface area contributed by atoms with E-state index in [1.165, 1.54) is 0 Å². The van der Waals surface area contributed by atoms with Gasteiger partial charge in [-0.3, -0.25) is 0 Å². The van der Waals surface area contributed by atoms with Crippen LogP contribution in [0.2, 0.25) is 0 Å². The standard InChI is InChI=1S/C12H12F2N4O2/c1-18-6-8(5-15)4-9(18)12-16-11(17-20-12)2-3-19-7-10(13)14/h4,6,10H,2-3,7H2,1H3. The summed E-state index contributed by atoms with van der Waals surface area (Å²) in [4.78, 5) is 4.13. The molecule has 0 N–H and O–H groups in total. The molecule has 0 atom stereocenters. The molecule has 0 amide bonds. The van der Waals surface area contributed by atoms with E-state index in [1.54, 1.807) is 23.9 Å². The topological polar surface area (TPSA) is 76.9 Å². The largest absolute Gasteiger partial charge is 0.375 e. The molecule has 8 heteroatoms. The Morgan fingerprint density at radius 2 is 2.35 bits per heavy atom. The first-order valence-electron chi connectivity index (χ1n) is 5.85. The second-order valence-corrected chi connectivity index (χ2v) is 4.07. The highest BCUT2D eigenvalue weighted by Crippen LogP contribution is 2.19. The number of aromatic nitrogens is 3. The van der Waals surface area contributed by atoms with Crippen molar-refractivity contribution in [2.45, 2.75) is 12.8 Å². The van der Waals surface area contributed by atoms with Crippen LogP contribution in [0, 0.1) is 11.3 Å². The first-order valence-corrected chi connectivity index (χ1v) is 5.85. The monoisotopic (exact) mass is 282 g/mol. The fraction of sp³-hybridized carbons (Fsp3) is 0.417. The molecule has 0 bridgehead atoms. The Hall–Kier alpha value is -2.27.